The Labute approximate surface area is 78.1 Å². The van der Waals surface area contributed by atoms with Gasteiger partial charge in [-0.3, -0.25) is 4.98 Å². The molecule has 0 spiro atoms. The lowest BCUT2D eigenvalue weighted by molar-refractivity contribution is 0.151. The Morgan fingerprint density at radius 1 is 1.46 bits per heavy atom. The quantitative estimate of drug-likeness (QED) is 0.733. The molecule has 1 heterocycles. The summed E-state index contributed by atoms with van der Waals surface area (Å²) in [4.78, 5) is 4.09. The van der Waals surface area contributed by atoms with E-state index >= 15 is 0 Å². The van der Waals surface area contributed by atoms with Gasteiger partial charge in [-0.1, -0.05) is 6.07 Å². The largest absolute Gasteiger partial charge is 0.396 e. The van der Waals surface area contributed by atoms with Crippen molar-refractivity contribution in [3.8, 4) is 0 Å². The number of hydrogen-bond acceptors (Lipinski definition) is 3. The maximum absolute atomic E-state index is 9.59. The van der Waals surface area contributed by atoms with Crippen molar-refractivity contribution in [1.82, 2.24) is 4.98 Å². The zero-order valence-electron chi connectivity index (χ0n) is 7.77. The summed E-state index contributed by atoms with van der Waals surface area (Å²) >= 11 is 0. The van der Waals surface area contributed by atoms with E-state index in [-0.39, 0.29) is 6.61 Å². The van der Waals surface area contributed by atoms with Gasteiger partial charge in [-0.25, -0.2) is 0 Å². The molecule has 0 fully saturated rings. The molecule has 0 radical (unpaired) electrons. The van der Waals surface area contributed by atoms with Crippen LogP contribution in [0.15, 0.2) is 18.3 Å². The summed E-state index contributed by atoms with van der Waals surface area (Å²) in [5.41, 5.74) is 1.76. The van der Waals surface area contributed by atoms with Crippen LogP contribution in [0.2, 0.25) is 0 Å². The van der Waals surface area contributed by atoms with Gasteiger partial charge in [0, 0.05) is 18.5 Å². The third-order valence-corrected chi connectivity index (χ3v) is 1.95. The second-order valence-corrected chi connectivity index (χ2v) is 3.11. The Bertz CT molecular complexity index is 246. The molecule has 1 atom stereocenters. The molecule has 0 aliphatic rings. The summed E-state index contributed by atoms with van der Waals surface area (Å²) in [5.74, 6) is 0. The van der Waals surface area contributed by atoms with Gasteiger partial charge in [0.15, 0.2) is 0 Å². The molecule has 2 N–H and O–H groups in total. The standard InChI is InChI=1S/C10H15NO2/c1-8-4-5-9(7-11-8)10(13)3-2-6-12/h4-5,7,10,12-13H,2-3,6H2,1H3. The van der Waals surface area contributed by atoms with Gasteiger partial charge in [0.25, 0.3) is 0 Å². The molecular weight excluding hydrogens is 166 g/mol. The Kier molecular flexibility index (Phi) is 3.86. The first-order valence-electron chi connectivity index (χ1n) is 4.45. The summed E-state index contributed by atoms with van der Waals surface area (Å²) < 4.78 is 0. The average molecular weight is 181 g/mol. The van der Waals surface area contributed by atoms with Gasteiger partial charge in [0.2, 0.25) is 0 Å². The molecule has 0 aromatic carbocycles. The second kappa shape index (κ2) is 4.94. The van der Waals surface area contributed by atoms with E-state index < -0.39 is 6.10 Å². The van der Waals surface area contributed by atoms with E-state index in [1.165, 1.54) is 0 Å². The van der Waals surface area contributed by atoms with Crippen LogP contribution < -0.4 is 0 Å². The molecule has 1 aromatic heterocycles. The minimum atomic E-state index is -0.500. The minimum Gasteiger partial charge on any atom is -0.396 e. The number of aryl methyl sites for hydroxylation is 1. The van der Waals surface area contributed by atoms with Crippen molar-refractivity contribution in [3.05, 3.63) is 29.6 Å². The van der Waals surface area contributed by atoms with Gasteiger partial charge in [0.05, 0.1) is 6.10 Å². The fourth-order valence-corrected chi connectivity index (χ4v) is 1.13. The van der Waals surface area contributed by atoms with Crippen LogP contribution in [0.1, 0.15) is 30.2 Å². The van der Waals surface area contributed by atoms with E-state index in [2.05, 4.69) is 4.98 Å². The number of nitrogens with zero attached hydrogens (tertiary/aromatic N) is 1. The highest BCUT2D eigenvalue weighted by atomic mass is 16.3. The fraction of sp³-hybridized carbons (Fsp3) is 0.500. The average Bonchev–Trinajstić information content (AvgIpc) is 2.15. The number of pyridine rings is 1. The molecule has 72 valence electrons. The van der Waals surface area contributed by atoms with Crippen LogP contribution in [0.25, 0.3) is 0 Å². The molecule has 0 aliphatic carbocycles. The summed E-state index contributed by atoms with van der Waals surface area (Å²) in [7, 11) is 0. The zero-order chi connectivity index (χ0) is 9.68. The molecule has 3 heteroatoms. The highest BCUT2D eigenvalue weighted by Crippen LogP contribution is 2.16. The van der Waals surface area contributed by atoms with Gasteiger partial charge >= 0.3 is 0 Å². The Morgan fingerprint density at radius 2 is 2.23 bits per heavy atom. The lowest BCUT2D eigenvalue weighted by Gasteiger charge is -2.09. The van der Waals surface area contributed by atoms with Crippen LogP contribution in [0.4, 0.5) is 0 Å². The Hall–Kier alpha value is -0.930. The number of aliphatic hydroxyl groups is 2. The van der Waals surface area contributed by atoms with Crippen LogP contribution in [-0.4, -0.2) is 21.8 Å². The minimum absolute atomic E-state index is 0.121. The van der Waals surface area contributed by atoms with Gasteiger partial charge in [-0.2, -0.15) is 0 Å². The molecular formula is C10H15NO2. The smallest absolute Gasteiger partial charge is 0.0805 e. The van der Waals surface area contributed by atoms with E-state index in [4.69, 9.17) is 5.11 Å². The molecule has 3 nitrogen and oxygen atoms in total. The van der Waals surface area contributed by atoms with Gasteiger partial charge in [-0.05, 0) is 31.4 Å². The molecule has 1 aromatic rings. The van der Waals surface area contributed by atoms with Gasteiger partial charge in [0.1, 0.15) is 0 Å². The zero-order valence-corrected chi connectivity index (χ0v) is 7.77. The summed E-state index contributed by atoms with van der Waals surface area (Å²) in [6.45, 7) is 2.03. The maximum Gasteiger partial charge on any atom is 0.0805 e. The van der Waals surface area contributed by atoms with Crippen molar-refractivity contribution in [3.63, 3.8) is 0 Å². The SMILES string of the molecule is Cc1ccc(C(O)CCCO)cn1. The van der Waals surface area contributed by atoms with Crippen molar-refractivity contribution in [2.45, 2.75) is 25.9 Å². The predicted molar refractivity (Wildman–Crippen MR) is 50.3 cm³/mol. The lowest BCUT2D eigenvalue weighted by atomic mass is 10.1. The van der Waals surface area contributed by atoms with E-state index in [9.17, 15) is 5.11 Å². The summed E-state index contributed by atoms with van der Waals surface area (Å²) in [6, 6.07) is 3.74. The number of rotatable bonds is 4. The Morgan fingerprint density at radius 3 is 2.77 bits per heavy atom. The third-order valence-electron chi connectivity index (χ3n) is 1.95. The van der Waals surface area contributed by atoms with E-state index in [0.717, 1.165) is 11.3 Å². The topological polar surface area (TPSA) is 53.4 Å². The second-order valence-electron chi connectivity index (χ2n) is 3.11. The fourth-order valence-electron chi connectivity index (χ4n) is 1.13. The summed E-state index contributed by atoms with van der Waals surface area (Å²) in [6.07, 6.45) is 2.38. The van der Waals surface area contributed by atoms with E-state index in [1.807, 2.05) is 19.1 Å². The molecule has 0 amide bonds. The van der Waals surface area contributed by atoms with Crippen molar-refractivity contribution < 1.29 is 10.2 Å². The van der Waals surface area contributed by atoms with Crippen molar-refractivity contribution >= 4 is 0 Å². The monoisotopic (exact) mass is 181 g/mol. The number of hydrogen-bond donors (Lipinski definition) is 2. The number of aromatic nitrogens is 1. The van der Waals surface area contributed by atoms with Gasteiger partial charge in [-0.15, -0.1) is 0 Å². The molecule has 1 unspecified atom stereocenters. The molecule has 0 saturated carbocycles. The lowest BCUT2D eigenvalue weighted by Crippen LogP contribution is -1.99. The highest BCUT2D eigenvalue weighted by Gasteiger charge is 2.06. The molecule has 13 heavy (non-hydrogen) atoms. The first-order chi connectivity index (χ1) is 6.24. The van der Waals surface area contributed by atoms with Crippen LogP contribution in [0.3, 0.4) is 0 Å². The van der Waals surface area contributed by atoms with E-state index in [0.29, 0.717) is 12.8 Å². The molecule has 0 saturated heterocycles. The normalized spacial score (nSPS) is 12.8. The number of aliphatic hydroxyl groups excluding tert-OH is 2. The van der Waals surface area contributed by atoms with Crippen molar-refractivity contribution in [1.29, 1.82) is 0 Å². The third kappa shape index (κ3) is 3.13. The molecule has 0 bridgehead atoms. The van der Waals surface area contributed by atoms with Crippen LogP contribution in [0, 0.1) is 6.92 Å². The van der Waals surface area contributed by atoms with Crippen molar-refractivity contribution in [2.75, 3.05) is 6.61 Å². The van der Waals surface area contributed by atoms with Gasteiger partial charge < -0.3 is 10.2 Å². The van der Waals surface area contributed by atoms with Crippen LogP contribution in [-0.2, 0) is 0 Å². The summed E-state index contributed by atoms with van der Waals surface area (Å²) in [5, 5.41) is 18.2. The first-order valence-corrected chi connectivity index (χ1v) is 4.45. The van der Waals surface area contributed by atoms with Crippen LogP contribution in [0.5, 0.6) is 0 Å². The highest BCUT2D eigenvalue weighted by molar-refractivity contribution is 5.15. The van der Waals surface area contributed by atoms with Crippen LogP contribution >= 0.6 is 0 Å². The maximum atomic E-state index is 9.59. The molecule has 0 aliphatic heterocycles. The predicted octanol–water partition coefficient (Wildman–Crippen LogP) is 1.20. The van der Waals surface area contributed by atoms with E-state index in [1.54, 1.807) is 6.20 Å². The van der Waals surface area contributed by atoms with Crippen molar-refractivity contribution in [2.24, 2.45) is 0 Å². The molecule has 1 rings (SSSR count). The first kappa shape index (κ1) is 10.2. The Balaban J connectivity index is 2.55.